The van der Waals surface area contributed by atoms with E-state index in [-0.39, 0.29) is 17.9 Å². The van der Waals surface area contributed by atoms with E-state index in [9.17, 15) is 9.59 Å². The van der Waals surface area contributed by atoms with Gasteiger partial charge in [-0.2, -0.15) is 0 Å². The van der Waals surface area contributed by atoms with Crippen molar-refractivity contribution in [1.29, 1.82) is 0 Å². The number of hydrogen-bond donors (Lipinski definition) is 1. The summed E-state index contributed by atoms with van der Waals surface area (Å²) in [4.78, 5) is 25.2. The maximum Gasteiger partial charge on any atom is 0.409 e. The smallest absolute Gasteiger partial charge is 0.409 e. The molecule has 0 radical (unpaired) electrons. The third-order valence-corrected chi connectivity index (χ3v) is 7.75. The monoisotopic (exact) mass is 694 g/mol. The first-order valence-corrected chi connectivity index (χ1v) is 17.1. The van der Waals surface area contributed by atoms with Gasteiger partial charge < -0.3 is 48.1 Å². The van der Waals surface area contributed by atoms with Crippen LogP contribution in [0.25, 0.3) is 11.1 Å². The molecule has 1 aliphatic rings. The van der Waals surface area contributed by atoms with Gasteiger partial charge in [-0.15, -0.1) is 0 Å². The molecule has 0 saturated heterocycles. The van der Waals surface area contributed by atoms with Crippen LogP contribution in [0, 0.1) is 0 Å². The van der Waals surface area contributed by atoms with Gasteiger partial charge in [-0.1, -0.05) is 48.5 Å². The zero-order valence-electron chi connectivity index (χ0n) is 29.1. The molecule has 0 aromatic heterocycles. The average Bonchev–Trinajstić information content (AvgIpc) is 3.45. The highest BCUT2D eigenvalue weighted by atomic mass is 16.6. The number of amides is 2. The van der Waals surface area contributed by atoms with E-state index in [1.54, 1.807) is 31.3 Å². The third kappa shape index (κ3) is 13.7. The van der Waals surface area contributed by atoms with Crippen LogP contribution in [0.15, 0.2) is 72.8 Å². The second kappa shape index (κ2) is 22.6. The van der Waals surface area contributed by atoms with Crippen LogP contribution in [-0.4, -0.2) is 123 Å². The SMILES string of the molecule is CC(=O)Nc1ccc(OCCOCCOCCOCCOCCOCCOCCN(C)C(=O)OCC2c3ccccc3-c3ccccc32)cc1. The molecule has 3 aromatic rings. The van der Waals surface area contributed by atoms with E-state index in [0.29, 0.717) is 105 Å². The summed E-state index contributed by atoms with van der Waals surface area (Å²) < 4.78 is 44.4. The summed E-state index contributed by atoms with van der Waals surface area (Å²) in [6, 6.07) is 23.7. The Morgan fingerprint density at radius 3 is 1.52 bits per heavy atom. The predicted molar refractivity (Wildman–Crippen MR) is 189 cm³/mol. The maximum atomic E-state index is 12.6. The van der Waals surface area contributed by atoms with Crippen molar-refractivity contribution in [2.45, 2.75) is 12.8 Å². The number of rotatable bonds is 25. The Morgan fingerprint density at radius 1 is 0.600 bits per heavy atom. The maximum absolute atomic E-state index is 12.6. The minimum atomic E-state index is -0.367. The second-order valence-electron chi connectivity index (χ2n) is 11.5. The third-order valence-electron chi connectivity index (χ3n) is 7.75. The second-order valence-corrected chi connectivity index (χ2v) is 11.5. The minimum absolute atomic E-state index is 0.0373. The van der Waals surface area contributed by atoms with Crippen LogP contribution in [0.3, 0.4) is 0 Å². The lowest BCUT2D eigenvalue weighted by Gasteiger charge is -2.19. The number of hydrogen-bond acceptors (Lipinski definition) is 10. The molecule has 12 heteroatoms. The number of benzene rings is 3. The highest BCUT2D eigenvalue weighted by Crippen LogP contribution is 2.44. The number of carbonyl (C=O) groups is 2. The molecule has 0 unspecified atom stereocenters. The molecule has 1 aliphatic carbocycles. The molecule has 12 nitrogen and oxygen atoms in total. The molecule has 0 spiro atoms. The molecule has 2 amide bonds. The Bertz CT molecular complexity index is 1380. The highest BCUT2D eigenvalue weighted by molar-refractivity contribution is 5.88. The van der Waals surface area contributed by atoms with Crippen molar-refractivity contribution in [2.24, 2.45) is 0 Å². The highest BCUT2D eigenvalue weighted by Gasteiger charge is 2.29. The Morgan fingerprint density at radius 2 is 1.04 bits per heavy atom. The number of ether oxygens (including phenoxy) is 8. The average molecular weight is 695 g/mol. The van der Waals surface area contributed by atoms with Crippen LogP contribution in [0.4, 0.5) is 10.5 Å². The number of carbonyl (C=O) groups excluding carboxylic acids is 2. The zero-order valence-corrected chi connectivity index (χ0v) is 29.1. The number of likely N-dealkylation sites (N-methyl/N-ethyl adjacent to an activating group) is 1. The molecule has 0 aliphatic heterocycles. The lowest BCUT2D eigenvalue weighted by Crippen LogP contribution is -2.32. The molecule has 0 fully saturated rings. The van der Waals surface area contributed by atoms with Crippen molar-refractivity contribution >= 4 is 17.7 Å². The standard InChI is InChI=1S/C38H50N2O10/c1-30(41)39-31-11-13-32(14-12-31)49-28-27-48-26-25-47-24-23-46-22-21-45-20-19-44-18-17-43-16-15-40(2)38(42)50-29-37-35-9-5-3-7-33(35)34-8-4-6-10-36(34)37/h3-14,37H,15-29H2,1-2H3,(H,39,41). The molecular formula is C38H50N2O10. The van der Waals surface area contributed by atoms with Crippen molar-refractivity contribution in [1.82, 2.24) is 4.90 Å². The van der Waals surface area contributed by atoms with Crippen LogP contribution in [-0.2, 0) is 38.0 Å². The lowest BCUT2D eigenvalue weighted by molar-refractivity contribution is -0.114. The van der Waals surface area contributed by atoms with Crippen LogP contribution in [0.1, 0.15) is 24.0 Å². The van der Waals surface area contributed by atoms with Gasteiger partial charge in [0.25, 0.3) is 0 Å². The Labute approximate surface area is 294 Å². The number of nitrogens with one attached hydrogen (secondary N) is 1. The normalized spacial score (nSPS) is 12.0. The molecular weight excluding hydrogens is 644 g/mol. The van der Waals surface area contributed by atoms with Crippen molar-refractivity contribution in [3.05, 3.63) is 83.9 Å². The summed E-state index contributed by atoms with van der Waals surface area (Å²) in [7, 11) is 1.71. The number of fused-ring (bicyclic) bond motifs is 3. The molecule has 1 N–H and O–H groups in total. The van der Waals surface area contributed by atoms with Crippen LogP contribution < -0.4 is 10.1 Å². The van der Waals surface area contributed by atoms with Gasteiger partial charge in [-0.05, 0) is 46.5 Å². The van der Waals surface area contributed by atoms with Gasteiger partial charge in [-0.3, -0.25) is 4.79 Å². The summed E-state index contributed by atoms with van der Waals surface area (Å²) in [6.45, 7) is 8.10. The van der Waals surface area contributed by atoms with Crippen LogP contribution in [0.5, 0.6) is 5.75 Å². The fourth-order valence-corrected chi connectivity index (χ4v) is 5.25. The largest absolute Gasteiger partial charge is 0.491 e. The zero-order chi connectivity index (χ0) is 35.2. The van der Waals surface area contributed by atoms with Gasteiger partial charge in [-0.25, -0.2) is 4.79 Å². The molecule has 272 valence electrons. The molecule has 0 saturated carbocycles. The molecule has 50 heavy (non-hydrogen) atoms. The van der Waals surface area contributed by atoms with Gasteiger partial charge in [0, 0.05) is 32.1 Å². The lowest BCUT2D eigenvalue weighted by atomic mass is 9.98. The Kier molecular flexibility index (Phi) is 17.5. The van der Waals surface area contributed by atoms with Gasteiger partial charge in [0.2, 0.25) is 5.91 Å². The molecule has 4 rings (SSSR count). The molecule has 3 aromatic carbocycles. The van der Waals surface area contributed by atoms with Crippen molar-refractivity contribution in [3.63, 3.8) is 0 Å². The van der Waals surface area contributed by atoms with E-state index in [1.165, 1.54) is 34.1 Å². The van der Waals surface area contributed by atoms with E-state index in [2.05, 4.69) is 29.6 Å². The van der Waals surface area contributed by atoms with Crippen molar-refractivity contribution < 1.29 is 47.5 Å². The van der Waals surface area contributed by atoms with E-state index in [1.807, 2.05) is 24.3 Å². The number of anilines is 1. The summed E-state index contributed by atoms with van der Waals surface area (Å²) in [5.41, 5.74) is 5.52. The predicted octanol–water partition coefficient (Wildman–Crippen LogP) is 5.00. The van der Waals surface area contributed by atoms with E-state index in [4.69, 9.17) is 37.9 Å². The summed E-state index contributed by atoms with van der Waals surface area (Å²) in [6.07, 6.45) is -0.367. The Balaban J connectivity index is 0.870. The van der Waals surface area contributed by atoms with Gasteiger partial charge in [0.1, 0.15) is 19.0 Å². The van der Waals surface area contributed by atoms with Crippen LogP contribution >= 0.6 is 0 Å². The van der Waals surface area contributed by atoms with E-state index < -0.39 is 0 Å². The fraction of sp³-hybridized carbons (Fsp3) is 0.474. The molecule has 0 atom stereocenters. The summed E-state index contributed by atoms with van der Waals surface area (Å²) in [5, 5.41) is 2.71. The number of nitrogens with zero attached hydrogens (tertiary/aromatic N) is 1. The van der Waals surface area contributed by atoms with E-state index >= 15 is 0 Å². The quantitative estimate of drug-likeness (QED) is 0.121. The van der Waals surface area contributed by atoms with Crippen molar-refractivity contribution in [2.75, 3.05) is 111 Å². The van der Waals surface area contributed by atoms with Gasteiger partial charge in [0.15, 0.2) is 0 Å². The summed E-state index contributed by atoms with van der Waals surface area (Å²) >= 11 is 0. The first-order valence-electron chi connectivity index (χ1n) is 17.1. The van der Waals surface area contributed by atoms with Crippen LogP contribution in [0.2, 0.25) is 0 Å². The first-order chi connectivity index (χ1) is 24.5. The van der Waals surface area contributed by atoms with Crippen molar-refractivity contribution in [3.8, 4) is 16.9 Å². The first kappa shape index (κ1) is 38.8. The van der Waals surface area contributed by atoms with Gasteiger partial charge in [0.05, 0.1) is 79.3 Å². The topological polar surface area (TPSA) is 123 Å². The fourth-order valence-electron chi connectivity index (χ4n) is 5.25. The Hall–Kier alpha value is -4.04. The molecule has 0 heterocycles. The molecule has 0 bridgehead atoms. The minimum Gasteiger partial charge on any atom is -0.491 e. The summed E-state index contributed by atoms with van der Waals surface area (Å²) in [5.74, 6) is 0.639. The van der Waals surface area contributed by atoms with Gasteiger partial charge >= 0.3 is 6.09 Å². The van der Waals surface area contributed by atoms with E-state index in [0.717, 1.165) is 5.69 Å².